The second-order valence-corrected chi connectivity index (χ2v) is 9.60. The van der Waals surface area contributed by atoms with Crippen molar-refractivity contribution in [2.75, 3.05) is 16.4 Å². The Morgan fingerprint density at radius 3 is 1.44 bits per heavy atom. The summed E-state index contributed by atoms with van der Waals surface area (Å²) in [6, 6.07) is 14.7. The third kappa shape index (κ3) is 13.4. The Bertz CT molecular complexity index is 1880. The lowest BCUT2D eigenvalue weighted by Gasteiger charge is -2.10. The molecule has 54 heavy (non-hydrogen) atoms. The molecule has 4 aromatic carbocycles. The SMILES string of the molecule is C.C.C.C.Nc1ccc2c(c1)OC(F)(F)O2.O=C(Nc1ccc(C(F)(F)F)cc1)Nc1ccc2c(c1)OC(F)(F)O2.O=C=Nc1ccc(C(F)(F)F)cc1. The van der Waals surface area contributed by atoms with Gasteiger partial charge in [0.25, 0.3) is 0 Å². The summed E-state index contributed by atoms with van der Waals surface area (Å²) >= 11 is 0. The van der Waals surface area contributed by atoms with E-state index in [0.29, 0.717) is 5.69 Å². The molecule has 0 fully saturated rings. The van der Waals surface area contributed by atoms with Gasteiger partial charge < -0.3 is 35.3 Å². The van der Waals surface area contributed by atoms with E-state index >= 15 is 0 Å². The number of hydrogen-bond acceptors (Lipinski definition) is 8. The van der Waals surface area contributed by atoms with Crippen molar-refractivity contribution in [1.29, 1.82) is 0 Å². The molecule has 4 aromatic rings. The molecular formula is C34H34F10N4O6. The normalized spacial score (nSPS) is 13.4. The summed E-state index contributed by atoms with van der Waals surface area (Å²) in [5, 5.41) is 4.66. The minimum Gasteiger partial charge on any atom is -0.399 e. The lowest BCUT2D eigenvalue weighted by atomic mass is 10.2. The van der Waals surface area contributed by atoms with E-state index in [1.807, 2.05) is 0 Å². The molecule has 2 heterocycles. The van der Waals surface area contributed by atoms with Crippen LogP contribution in [0, 0.1) is 0 Å². The maximum absolute atomic E-state index is 12.9. The van der Waals surface area contributed by atoms with Crippen molar-refractivity contribution < 1.29 is 72.4 Å². The van der Waals surface area contributed by atoms with Gasteiger partial charge in [-0.2, -0.15) is 31.3 Å². The van der Waals surface area contributed by atoms with Crippen molar-refractivity contribution >= 4 is 34.9 Å². The molecule has 0 atom stereocenters. The van der Waals surface area contributed by atoms with Crippen LogP contribution in [0.15, 0.2) is 89.9 Å². The van der Waals surface area contributed by atoms with Gasteiger partial charge >= 0.3 is 31.0 Å². The molecule has 2 aliphatic rings. The summed E-state index contributed by atoms with van der Waals surface area (Å²) in [6.07, 6.45) is -14.9. The number of amides is 2. The van der Waals surface area contributed by atoms with E-state index < -0.39 is 42.1 Å². The van der Waals surface area contributed by atoms with Crippen molar-refractivity contribution in [2.45, 2.75) is 54.6 Å². The van der Waals surface area contributed by atoms with Gasteiger partial charge in [0.1, 0.15) is 0 Å². The standard InChI is InChI=1S/C15H9F5N2O3.C8H4F3NO.C7H5F2NO2.4CH4/c16-14(17,18)8-1-3-9(4-2-8)21-13(23)22-10-5-6-11-12(7-10)25-15(19,20)24-11;9-8(10,11)6-1-3-7(4-2-6)12-5-13;8-7(9)11-5-2-1-4(10)3-6(5)12-7;;;;/h1-7H,(H2,21,22,23);1-4H;1-3H,10H2;4*1H4. The van der Waals surface area contributed by atoms with E-state index in [4.69, 9.17) is 5.73 Å². The van der Waals surface area contributed by atoms with E-state index in [-0.39, 0.29) is 69.8 Å². The number of anilines is 3. The predicted octanol–water partition coefficient (Wildman–Crippen LogP) is 11.5. The Labute approximate surface area is 302 Å². The van der Waals surface area contributed by atoms with Gasteiger partial charge in [-0.05, 0) is 72.8 Å². The van der Waals surface area contributed by atoms with Gasteiger partial charge in [-0.3, -0.25) is 0 Å². The van der Waals surface area contributed by atoms with Crippen LogP contribution in [0.5, 0.6) is 23.0 Å². The number of benzene rings is 4. The molecule has 10 nitrogen and oxygen atoms in total. The highest BCUT2D eigenvalue weighted by molar-refractivity contribution is 6.00. The number of aliphatic imine (C=N–C) groups is 1. The monoisotopic (exact) mass is 784 g/mol. The van der Waals surface area contributed by atoms with Gasteiger partial charge in [0.15, 0.2) is 23.0 Å². The largest absolute Gasteiger partial charge is 0.586 e. The van der Waals surface area contributed by atoms with Crippen molar-refractivity contribution in [2.24, 2.45) is 4.99 Å². The number of isocyanates is 1. The number of halogens is 10. The van der Waals surface area contributed by atoms with E-state index in [9.17, 15) is 53.5 Å². The van der Waals surface area contributed by atoms with Crippen molar-refractivity contribution in [3.63, 3.8) is 0 Å². The Morgan fingerprint density at radius 2 is 0.981 bits per heavy atom. The maximum Gasteiger partial charge on any atom is 0.586 e. The number of fused-ring (bicyclic) bond motifs is 2. The fourth-order valence-corrected chi connectivity index (χ4v) is 3.81. The Balaban J connectivity index is 0.000000826. The first-order valence-electron chi connectivity index (χ1n) is 13.3. The quantitative estimate of drug-likeness (QED) is 0.0815. The van der Waals surface area contributed by atoms with Gasteiger partial charge in [-0.25, -0.2) is 9.59 Å². The highest BCUT2D eigenvalue weighted by atomic mass is 19.4. The highest BCUT2D eigenvalue weighted by Gasteiger charge is 2.44. The molecule has 0 saturated carbocycles. The van der Waals surface area contributed by atoms with Crippen LogP contribution in [0.2, 0.25) is 0 Å². The molecule has 2 aliphatic heterocycles. The average molecular weight is 785 g/mol. The molecule has 0 aliphatic carbocycles. The number of ether oxygens (including phenoxy) is 4. The molecule has 0 saturated heterocycles. The Kier molecular flexibility index (Phi) is 16.4. The number of alkyl halides is 10. The second kappa shape index (κ2) is 18.5. The summed E-state index contributed by atoms with van der Waals surface area (Å²) in [6.45, 7) is 0. The number of rotatable bonds is 3. The minimum atomic E-state index is -4.48. The number of carbonyl (C=O) groups excluding carboxylic acids is 2. The topological polar surface area (TPSA) is 134 Å². The fraction of sp³-hybridized carbons (Fsp3) is 0.235. The number of hydrogen-bond donors (Lipinski definition) is 3. The van der Waals surface area contributed by atoms with E-state index in [1.54, 1.807) is 0 Å². The molecule has 2 amide bonds. The molecule has 0 aromatic heterocycles. The Morgan fingerprint density at radius 1 is 0.593 bits per heavy atom. The summed E-state index contributed by atoms with van der Waals surface area (Å²) in [7, 11) is 0. The van der Waals surface area contributed by atoms with Crippen LogP contribution in [0.1, 0.15) is 40.8 Å². The molecule has 6 rings (SSSR count). The molecule has 0 spiro atoms. The predicted molar refractivity (Wildman–Crippen MR) is 180 cm³/mol. The Hall–Kier alpha value is -6.17. The summed E-state index contributed by atoms with van der Waals surface area (Å²) in [5.41, 5.74) is 4.49. The molecule has 0 unspecified atom stereocenters. The second-order valence-electron chi connectivity index (χ2n) is 9.60. The molecule has 4 N–H and O–H groups in total. The first-order valence-corrected chi connectivity index (χ1v) is 13.3. The zero-order valence-electron chi connectivity index (χ0n) is 24.3. The zero-order valence-corrected chi connectivity index (χ0v) is 24.3. The van der Waals surface area contributed by atoms with Gasteiger partial charge in [0.2, 0.25) is 6.08 Å². The molecule has 20 heteroatoms. The highest BCUT2D eigenvalue weighted by Crippen LogP contribution is 2.43. The smallest absolute Gasteiger partial charge is 0.399 e. The number of urea groups is 1. The fourth-order valence-electron chi connectivity index (χ4n) is 3.81. The minimum absolute atomic E-state index is 0. The van der Waals surface area contributed by atoms with Gasteiger partial charge in [0.05, 0.1) is 16.8 Å². The van der Waals surface area contributed by atoms with Crippen LogP contribution in [0.25, 0.3) is 0 Å². The lowest BCUT2D eigenvalue weighted by Crippen LogP contribution is -2.26. The summed E-state index contributed by atoms with van der Waals surface area (Å²) < 4.78 is 141. The first kappa shape index (κ1) is 47.8. The number of carbonyl (C=O) groups is 1. The van der Waals surface area contributed by atoms with Crippen LogP contribution in [0.3, 0.4) is 0 Å². The lowest BCUT2D eigenvalue weighted by molar-refractivity contribution is -0.287. The number of nitrogen functional groups attached to an aromatic ring is 1. The number of nitrogens with zero attached hydrogens (tertiary/aromatic N) is 1. The third-order valence-electron chi connectivity index (χ3n) is 5.92. The van der Waals surface area contributed by atoms with E-state index in [1.165, 1.54) is 36.4 Å². The maximum atomic E-state index is 12.9. The molecule has 0 radical (unpaired) electrons. The van der Waals surface area contributed by atoms with Gasteiger partial charge in [0, 0.05) is 29.2 Å². The van der Waals surface area contributed by atoms with Crippen molar-refractivity contribution in [3.8, 4) is 23.0 Å². The summed E-state index contributed by atoms with van der Waals surface area (Å²) in [5.74, 6) is -0.453. The number of nitrogens with one attached hydrogen (secondary N) is 2. The molecular weight excluding hydrogens is 750 g/mol. The van der Waals surface area contributed by atoms with Crippen LogP contribution in [-0.2, 0) is 17.1 Å². The van der Waals surface area contributed by atoms with Gasteiger partial charge in [-0.15, -0.1) is 17.6 Å². The van der Waals surface area contributed by atoms with Crippen molar-refractivity contribution in [1.82, 2.24) is 0 Å². The van der Waals surface area contributed by atoms with Crippen LogP contribution in [-0.4, -0.2) is 24.7 Å². The van der Waals surface area contributed by atoms with Crippen molar-refractivity contribution in [3.05, 3.63) is 96.1 Å². The van der Waals surface area contributed by atoms with E-state index in [0.717, 1.165) is 54.6 Å². The first-order chi connectivity index (χ1) is 23.2. The van der Waals surface area contributed by atoms with E-state index in [2.05, 4.69) is 34.6 Å². The zero-order chi connectivity index (χ0) is 36.9. The molecule has 0 bridgehead atoms. The number of nitrogens with two attached hydrogens (primary N) is 1. The summed E-state index contributed by atoms with van der Waals surface area (Å²) in [4.78, 5) is 24.7. The average Bonchev–Trinajstić information content (AvgIpc) is 3.49. The molecule has 296 valence electrons. The van der Waals surface area contributed by atoms with Crippen LogP contribution in [0.4, 0.5) is 71.4 Å². The third-order valence-corrected chi connectivity index (χ3v) is 5.92. The van der Waals surface area contributed by atoms with Crippen LogP contribution >= 0.6 is 0 Å². The van der Waals surface area contributed by atoms with Crippen LogP contribution < -0.4 is 35.3 Å². The van der Waals surface area contributed by atoms with Gasteiger partial charge in [-0.1, -0.05) is 29.7 Å².